The molecule has 0 aromatic heterocycles. The van der Waals surface area contributed by atoms with Gasteiger partial charge in [-0.15, -0.1) is 0 Å². The van der Waals surface area contributed by atoms with Crippen LogP contribution in [-0.2, 0) is 6.42 Å². The van der Waals surface area contributed by atoms with Gasteiger partial charge < -0.3 is 5.32 Å². The van der Waals surface area contributed by atoms with Gasteiger partial charge in [-0.25, -0.2) is 8.78 Å². The summed E-state index contributed by atoms with van der Waals surface area (Å²) < 4.78 is 26.1. The van der Waals surface area contributed by atoms with Crippen molar-refractivity contribution < 1.29 is 8.78 Å². The summed E-state index contributed by atoms with van der Waals surface area (Å²) in [5.74, 6) is -0.684. The van der Waals surface area contributed by atoms with Crippen LogP contribution in [0, 0.1) is 17.6 Å². The van der Waals surface area contributed by atoms with Crippen LogP contribution in [0.2, 0.25) is 0 Å². The molecule has 1 aliphatic rings. The summed E-state index contributed by atoms with van der Waals surface area (Å²) >= 11 is 0. The lowest BCUT2D eigenvalue weighted by molar-refractivity contribution is 0.259. The molecule has 0 radical (unpaired) electrons. The normalized spacial score (nSPS) is 17.2. The zero-order valence-electron chi connectivity index (χ0n) is 11.6. The molecule has 1 aromatic rings. The van der Waals surface area contributed by atoms with Crippen LogP contribution < -0.4 is 5.32 Å². The van der Waals surface area contributed by atoms with Crippen molar-refractivity contribution in [1.29, 1.82) is 0 Å². The Morgan fingerprint density at radius 2 is 2.05 bits per heavy atom. The summed E-state index contributed by atoms with van der Waals surface area (Å²) in [6.07, 6.45) is 7.02. The van der Waals surface area contributed by atoms with E-state index in [1.165, 1.54) is 31.4 Å². The molecule has 0 bridgehead atoms. The maximum absolute atomic E-state index is 13.2. The van der Waals surface area contributed by atoms with Gasteiger partial charge in [-0.1, -0.05) is 32.3 Å². The summed E-state index contributed by atoms with van der Waals surface area (Å²) in [4.78, 5) is 0. The lowest BCUT2D eigenvalue weighted by Crippen LogP contribution is -2.35. The molecule has 1 saturated carbocycles. The predicted molar refractivity (Wildman–Crippen MR) is 74.1 cm³/mol. The third-order valence-corrected chi connectivity index (χ3v) is 3.99. The summed E-state index contributed by atoms with van der Waals surface area (Å²) in [5, 5.41) is 3.53. The quantitative estimate of drug-likeness (QED) is 0.785. The molecule has 2 rings (SSSR count). The Balaban J connectivity index is 1.94. The maximum Gasteiger partial charge on any atom is 0.159 e. The van der Waals surface area contributed by atoms with Crippen molar-refractivity contribution in [2.75, 3.05) is 6.54 Å². The monoisotopic (exact) mass is 267 g/mol. The van der Waals surface area contributed by atoms with Crippen LogP contribution in [0.4, 0.5) is 8.78 Å². The Labute approximate surface area is 114 Å². The Morgan fingerprint density at radius 3 is 2.63 bits per heavy atom. The van der Waals surface area contributed by atoms with E-state index >= 15 is 0 Å². The van der Waals surface area contributed by atoms with Gasteiger partial charge in [0.2, 0.25) is 0 Å². The van der Waals surface area contributed by atoms with Crippen LogP contribution in [-0.4, -0.2) is 12.6 Å². The van der Waals surface area contributed by atoms with Gasteiger partial charge in [0.05, 0.1) is 0 Å². The van der Waals surface area contributed by atoms with Gasteiger partial charge in [-0.3, -0.25) is 0 Å². The Bertz CT molecular complexity index is 402. The lowest BCUT2D eigenvalue weighted by Gasteiger charge is -2.30. The van der Waals surface area contributed by atoms with Crippen molar-refractivity contribution in [3.63, 3.8) is 0 Å². The van der Waals surface area contributed by atoms with Crippen molar-refractivity contribution in [3.8, 4) is 0 Å². The second-order valence-electron chi connectivity index (χ2n) is 5.64. The number of nitrogens with one attached hydrogen (secondary N) is 1. The van der Waals surface area contributed by atoms with Gasteiger partial charge in [0.25, 0.3) is 0 Å². The van der Waals surface area contributed by atoms with Crippen molar-refractivity contribution in [2.24, 2.45) is 5.92 Å². The van der Waals surface area contributed by atoms with Crippen molar-refractivity contribution in [1.82, 2.24) is 5.32 Å². The lowest BCUT2D eigenvalue weighted by atomic mass is 9.80. The zero-order valence-corrected chi connectivity index (χ0v) is 11.6. The van der Waals surface area contributed by atoms with Gasteiger partial charge in [-0.05, 0) is 49.4 Å². The third kappa shape index (κ3) is 4.27. The highest BCUT2D eigenvalue weighted by Crippen LogP contribution is 2.31. The fourth-order valence-electron chi connectivity index (χ4n) is 2.67. The number of halogens is 2. The second-order valence-corrected chi connectivity index (χ2v) is 5.64. The minimum absolute atomic E-state index is 0.384. The van der Waals surface area contributed by atoms with Crippen molar-refractivity contribution >= 4 is 0 Å². The molecule has 1 N–H and O–H groups in total. The fraction of sp³-hybridized carbons (Fsp3) is 0.625. The van der Waals surface area contributed by atoms with Crippen molar-refractivity contribution in [3.05, 3.63) is 35.4 Å². The van der Waals surface area contributed by atoms with Crippen molar-refractivity contribution in [2.45, 2.75) is 51.5 Å². The minimum Gasteiger partial charge on any atom is -0.314 e. The molecule has 1 aromatic carbocycles. The Kier molecular flexibility index (Phi) is 5.32. The molecular formula is C16H23F2N. The molecule has 19 heavy (non-hydrogen) atoms. The third-order valence-electron chi connectivity index (χ3n) is 3.99. The molecule has 106 valence electrons. The Hall–Kier alpha value is -0.960. The molecule has 1 atom stereocenters. The smallest absolute Gasteiger partial charge is 0.159 e. The first kappa shape index (κ1) is 14.4. The van der Waals surface area contributed by atoms with Gasteiger partial charge >= 0.3 is 0 Å². The average molecular weight is 267 g/mol. The fourth-order valence-corrected chi connectivity index (χ4v) is 2.67. The second kappa shape index (κ2) is 6.99. The standard InChI is InChI=1S/C16H23F2N/c1-2-8-19-14(9-12-4-3-5-12)10-13-6-7-15(17)16(18)11-13/h6-7,11-12,14,19H,2-5,8-10H2,1H3. The van der Waals surface area contributed by atoms with E-state index in [1.807, 2.05) is 0 Å². The largest absolute Gasteiger partial charge is 0.314 e. The highest BCUT2D eigenvalue weighted by molar-refractivity contribution is 5.19. The summed E-state index contributed by atoms with van der Waals surface area (Å²) in [6, 6.07) is 4.64. The van der Waals surface area contributed by atoms with Crippen LogP contribution in [0.3, 0.4) is 0 Å². The van der Waals surface area contributed by atoms with E-state index in [0.717, 1.165) is 37.3 Å². The molecule has 3 heteroatoms. The number of benzene rings is 1. The van der Waals surface area contributed by atoms with Crippen LogP contribution in [0.15, 0.2) is 18.2 Å². The van der Waals surface area contributed by atoms with Gasteiger partial charge in [-0.2, -0.15) is 0 Å². The highest BCUT2D eigenvalue weighted by atomic mass is 19.2. The van der Waals surface area contributed by atoms with E-state index < -0.39 is 11.6 Å². The summed E-state index contributed by atoms with van der Waals surface area (Å²) in [6.45, 7) is 3.13. The molecule has 1 unspecified atom stereocenters. The molecule has 0 spiro atoms. The van der Waals surface area contributed by atoms with E-state index in [0.29, 0.717) is 6.04 Å². The maximum atomic E-state index is 13.2. The predicted octanol–water partition coefficient (Wildman–Crippen LogP) is 4.07. The molecule has 1 aliphatic carbocycles. The van der Waals surface area contributed by atoms with Gasteiger partial charge in [0, 0.05) is 6.04 Å². The van der Waals surface area contributed by atoms with Gasteiger partial charge in [0.15, 0.2) is 11.6 Å². The SMILES string of the molecule is CCCNC(Cc1ccc(F)c(F)c1)CC1CCC1. The van der Waals surface area contributed by atoms with E-state index in [2.05, 4.69) is 12.2 Å². The molecule has 0 amide bonds. The molecule has 1 nitrogen and oxygen atoms in total. The van der Waals surface area contributed by atoms with E-state index in [9.17, 15) is 8.78 Å². The van der Waals surface area contributed by atoms with E-state index in [-0.39, 0.29) is 0 Å². The molecule has 0 aliphatic heterocycles. The first-order valence-electron chi connectivity index (χ1n) is 7.36. The van der Waals surface area contributed by atoms with Crippen LogP contribution in [0.1, 0.15) is 44.6 Å². The summed E-state index contributed by atoms with van der Waals surface area (Å²) in [5.41, 5.74) is 0.881. The van der Waals surface area contributed by atoms with E-state index in [4.69, 9.17) is 0 Å². The van der Waals surface area contributed by atoms with Crippen LogP contribution in [0.25, 0.3) is 0 Å². The van der Waals surface area contributed by atoms with Gasteiger partial charge in [0.1, 0.15) is 0 Å². The number of rotatable bonds is 7. The number of hydrogen-bond donors (Lipinski definition) is 1. The minimum atomic E-state index is -0.763. The van der Waals surface area contributed by atoms with E-state index in [1.54, 1.807) is 6.07 Å². The first-order valence-corrected chi connectivity index (χ1v) is 7.36. The average Bonchev–Trinajstić information content (AvgIpc) is 2.35. The summed E-state index contributed by atoms with van der Waals surface area (Å²) in [7, 11) is 0. The number of hydrogen-bond acceptors (Lipinski definition) is 1. The molecular weight excluding hydrogens is 244 g/mol. The molecule has 1 fully saturated rings. The Morgan fingerprint density at radius 1 is 1.26 bits per heavy atom. The highest BCUT2D eigenvalue weighted by Gasteiger charge is 2.22. The van der Waals surface area contributed by atoms with Crippen LogP contribution >= 0.6 is 0 Å². The topological polar surface area (TPSA) is 12.0 Å². The molecule has 0 heterocycles. The molecule has 0 saturated heterocycles. The first-order chi connectivity index (χ1) is 9.19. The zero-order chi connectivity index (χ0) is 13.7. The van der Waals surface area contributed by atoms with Crippen LogP contribution in [0.5, 0.6) is 0 Å².